The van der Waals surface area contributed by atoms with Crippen molar-refractivity contribution in [3.8, 4) is 56.4 Å². The lowest BCUT2D eigenvalue weighted by Crippen LogP contribution is -2.04. The van der Waals surface area contributed by atoms with Gasteiger partial charge in [-0.1, -0.05) is 140 Å². The quantitative estimate of drug-likeness (QED) is 0.0776. The highest BCUT2D eigenvalue weighted by Crippen LogP contribution is 2.37. The van der Waals surface area contributed by atoms with Crippen molar-refractivity contribution in [3.63, 3.8) is 0 Å². The smallest absolute Gasteiger partial charge is 0.200 e. The summed E-state index contributed by atoms with van der Waals surface area (Å²) in [5, 5.41) is 6.29. The van der Waals surface area contributed by atoms with E-state index in [4.69, 9.17) is 15.0 Å². The highest BCUT2D eigenvalue weighted by atomic mass is 19.2. The second-order valence-electron chi connectivity index (χ2n) is 12.6. The van der Waals surface area contributed by atoms with Crippen LogP contribution >= 0.6 is 0 Å². The molecular weight excluding hydrogens is 678 g/mol. The highest BCUT2D eigenvalue weighted by molar-refractivity contribution is 6.13. The van der Waals surface area contributed by atoms with Crippen LogP contribution in [0, 0.1) is 29.1 Å². The maximum Gasteiger partial charge on any atom is 0.200 e. The summed E-state index contributed by atoms with van der Waals surface area (Å²) in [6.07, 6.45) is 0. The molecule has 0 aliphatic carbocycles. The summed E-state index contributed by atoms with van der Waals surface area (Å²) in [5.74, 6) is -9.01. The van der Waals surface area contributed by atoms with Crippen molar-refractivity contribution in [3.05, 3.63) is 175 Å². The van der Waals surface area contributed by atoms with Crippen molar-refractivity contribution in [1.82, 2.24) is 15.0 Å². The van der Waals surface area contributed by atoms with E-state index in [-0.39, 0.29) is 11.4 Å². The molecule has 0 unspecified atom stereocenters. The fraction of sp³-hybridized carbons (Fsp3) is 0. The van der Waals surface area contributed by atoms with Gasteiger partial charge < -0.3 is 0 Å². The van der Waals surface area contributed by atoms with Gasteiger partial charge in [-0.25, -0.2) is 36.9 Å². The summed E-state index contributed by atoms with van der Waals surface area (Å²) >= 11 is 0. The Morgan fingerprint density at radius 1 is 0.302 bits per heavy atom. The molecule has 0 fully saturated rings. The van der Waals surface area contributed by atoms with Crippen LogP contribution < -0.4 is 0 Å². The minimum Gasteiger partial charge on any atom is -0.208 e. The third kappa shape index (κ3) is 5.47. The van der Waals surface area contributed by atoms with E-state index in [1.165, 1.54) is 24.3 Å². The first-order valence-corrected chi connectivity index (χ1v) is 16.7. The molecule has 1 aromatic heterocycles. The van der Waals surface area contributed by atoms with Gasteiger partial charge in [-0.3, -0.25) is 0 Å². The van der Waals surface area contributed by atoms with Crippen LogP contribution in [0.5, 0.6) is 0 Å². The van der Waals surface area contributed by atoms with Crippen LogP contribution in [0.2, 0.25) is 0 Å². The Kier molecular flexibility index (Phi) is 7.73. The first-order chi connectivity index (χ1) is 25.9. The number of fused-ring (bicyclic) bond motifs is 4. The Labute approximate surface area is 299 Å². The van der Waals surface area contributed by atoms with E-state index in [1.807, 2.05) is 91.0 Å². The minimum absolute atomic E-state index is 0.194. The van der Waals surface area contributed by atoms with E-state index >= 15 is 0 Å². The maximum atomic E-state index is 14.7. The van der Waals surface area contributed by atoms with Crippen LogP contribution in [0.1, 0.15) is 0 Å². The van der Waals surface area contributed by atoms with Crippen molar-refractivity contribution >= 4 is 32.3 Å². The van der Waals surface area contributed by atoms with E-state index < -0.39 is 34.6 Å². The third-order valence-electron chi connectivity index (χ3n) is 9.53. The number of hydrogen-bond donors (Lipinski definition) is 0. The van der Waals surface area contributed by atoms with Gasteiger partial charge in [0.15, 0.2) is 40.7 Å². The summed E-state index contributed by atoms with van der Waals surface area (Å²) in [4.78, 5) is 14.7. The lowest BCUT2D eigenvalue weighted by atomic mass is 9.96. The molecule has 53 heavy (non-hydrogen) atoms. The molecule has 254 valence electrons. The second kappa shape index (κ2) is 12.8. The van der Waals surface area contributed by atoms with Gasteiger partial charge in [-0.2, -0.15) is 0 Å². The Bertz CT molecular complexity index is 2860. The third-order valence-corrected chi connectivity index (χ3v) is 9.53. The summed E-state index contributed by atoms with van der Waals surface area (Å²) < 4.78 is 71.3. The molecule has 8 heteroatoms. The molecule has 1 heterocycles. The molecule has 0 saturated carbocycles. The number of benzene rings is 8. The van der Waals surface area contributed by atoms with Crippen LogP contribution in [0.25, 0.3) is 88.7 Å². The van der Waals surface area contributed by atoms with E-state index in [2.05, 4.69) is 30.3 Å². The summed E-state index contributed by atoms with van der Waals surface area (Å²) in [7, 11) is 0. The van der Waals surface area contributed by atoms with E-state index in [0.717, 1.165) is 54.6 Å². The SMILES string of the molecule is Fc1c(F)c(F)c(-c2ccc(-c3nc(-c4ccc(-c5cccc6ccccc56)cc4)nc(-c4cc5ccccc5c5ccccc45)n3)cc2)c(F)c1F. The van der Waals surface area contributed by atoms with Gasteiger partial charge >= 0.3 is 0 Å². The molecule has 0 atom stereocenters. The summed E-state index contributed by atoms with van der Waals surface area (Å²) in [5.41, 5.74) is 2.84. The fourth-order valence-electron chi connectivity index (χ4n) is 6.91. The average Bonchev–Trinajstić information content (AvgIpc) is 3.22. The number of aromatic nitrogens is 3. The van der Waals surface area contributed by atoms with Gasteiger partial charge in [0.05, 0.1) is 5.56 Å². The standard InChI is InChI=1S/C45H24F5N3/c46-38-37(39(47)41(49)42(50)40(38)48)27-18-22-29(23-19-27)44-51-43(28-20-16-26(17-21-28)32-15-7-10-25-8-1-3-11-31(25)32)52-45(53-44)36-24-30-9-2-4-12-33(30)34-13-5-6-14-35(34)36/h1-24H. The molecule has 0 saturated heterocycles. The van der Waals surface area contributed by atoms with E-state index in [1.54, 1.807) is 0 Å². The van der Waals surface area contributed by atoms with E-state index in [9.17, 15) is 22.0 Å². The topological polar surface area (TPSA) is 38.7 Å². The first-order valence-electron chi connectivity index (χ1n) is 16.7. The molecule has 9 aromatic rings. The molecule has 0 radical (unpaired) electrons. The van der Waals surface area contributed by atoms with Crippen LogP contribution in [0.15, 0.2) is 146 Å². The Morgan fingerprint density at radius 3 is 1.40 bits per heavy atom. The van der Waals surface area contributed by atoms with Crippen molar-refractivity contribution in [2.45, 2.75) is 0 Å². The molecule has 0 aliphatic rings. The largest absolute Gasteiger partial charge is 0.208 e. The van der Waals surface area contributed by atoms with Gasteiger partial charge in [0.25, 0.3) is 0 Å². The first kappa shape index (κ1) is 32.1. The van der Waals surface area contributed by atoms with Crippen molar-refractivity contribution in [2.24, 2.45) is 0 Å². The fourth-order valence-corrected chi connectivity index (χ4v) is 6.91. The molecule has 8 aromatic carbocycles. The zero-order valence-electron chi connectivity index (χ0n) is 27.6. The summed E-state index contributed by atoms with van der Waals surface area (Å²) in [6, 6.07) is 45.9. The number of nitrogens with zero attached hydrogens (tertiary/aromatic N) is 3. The molecule has 0 N–H and O–H groups in total. The van der Waals surface area contributed by atoms with Crippen molar-refractivity contribution < 1.29 is 22.0 Å². The minimum atomic E-state index is -2.21. The predicted molar refractivity (Wildman–Crippen MR) is 199 cm³/mol. The molecule has 0 amide bonds. The zero-order chi connectivity index (χ0) is 36.2. The lowest BCUT2D eigenvalue weighted by molar-refractivity contribution is 0.381. The monoisotopic (exact) mass is 701 g/mol. The van der Waals surface area contributed by atoms with Gasteiger partial charge in [0, 0.05) is 16.7 Å². The summed E-state index contributed by atoms with van der Waals surface area (Å²) in [6.45, 7) is 0. The van der Waals surface area contributed by atoms with Gasteiger partial charge in [0.1, 0.15) is 0 Å². The normalized spacial score (nSPS) is 11.5. The molecule has 0 aliphatic heterocycles. The highest BCUT2D eigenvalue weighted by Gasteiger charge is 2.27. The second-order valence-corrected chi connectivity index (χ2v) is 12.6. The lowest BCUT2D eigenvalue weighted by Gasteiger charge is -2.13. The molecule has 3 nitrogen and oxygen atoms in total. The maximum absolute atomic E-state index is 14.7. The molecule has 9 rings (SSSR count). The average molecular weight is 702 g/mol. The van der Waals surface area contributed by atoms with Gasteiger partial charge in [-0.15, -0.1) is 0 Å². The number of hydrogen-bond acceptors (Lipinski definition) is 3. The van der Waals surface area contributed by atoms with Crippen LogP contribution in [-0.4, -0.2) is 15.0 Å². The Balaban J connectivity index is 1.21. The van der Waals surface area contributed by atoms with Crippen molar-refractivity contribution in [1.29, 1.82) is 0 Å². The van der Waals surface area contributed by atoms with Gasteiger partial charge in [-0.05, 0) is 55.1 Å². The number of rotatable bonds is 5. The molecule has 0 spiro atoms. The van der Waals surface area contributed by atoms with Crippen LogP contribution in [0.4, 0.5) is 22.0 Å². The van der Waals surface area contributed by atoms with Crippen molar-refractivity contribution in [2.75, 3.05) is 0 Å². The Morgan fingerprint density at radius 2 is 0.755 bits per heavy atom. The Hall–Kier alpha value is -6.80. The molecular formula is C45H24F5N3. The predicted octanol–water partition coefficient (Wildman–Crippen LogP) is 12.4. The zero-order valence-corrected chi connectivity index (χ0v) is 27.6. The number of halogens is 5. The van der Waals surface area contributed by atoms with Gasteiger partial charge in [0.2, 0.25) is 5.82 Å². The van der Waals surface area contributed by atoms with E-state index in [0.29, 0.717) is 17.2 Å². The van der Waals surface area contributed by atoms with Crippen LogP contribution in [0.3, 0.4) is 0 Å². The molecule has 0 bridgehead atoms. The van der Waals surface area contributed by atoms with Crippen LogP contribution in [-0.2, 0) is 0 Å².